The summed E-state index contributed by atoms with van der Waals surface area (Å²) in [5.74, 6) is 1.46. The number of ether oxygens (including phenoxy) is 1. The summed E-state index contributed by atoms with van der Waals surface area (Å²) in [7, 11) is 2.18. The van der Waals surface area contributed by atoms with Crippen molar-refractivity contribution in [2.24, 2.45) is 17.3 Å². The SMILES string of the molecule is CC1CCCC(C=O)(CN(C)CC2CCOCC2)C1. The summed E-state index contributed by atoms with van der Waals surface area (Å²) in [4.78, 5) is 14.0. The zero-order chi connectivity index (χ0) is 13.7. The first-order chi connectivity index (χ1) is 9.13. The first kappa shape index (κ1) is 15.0. The van der Waals surface area contributed by atoms with E-state index >= 15 is 0 Å². The van der Waals surface area contributed by atoms with E-state index in [9.17, 15) is 4.79 Å². The average molecular weight is 267 g/mol. The van der Waals surface area contributed by atoms with Gasteiger partial charge in [-0.2, -0.15) is 0 Å². The van der Waals surface area contributed by atoms with E-state index in [1.54, 1.807) is 0 Å². The number of carbonyl (C=O) groups is 1. The van der Waals surface area contributed by atoms with E-state index in [0.717, 1.165) is 45.1 Å². The minimum Gasteiger partial charge on any atom is -0.381 e. The monoisotopic (exact) mass is 267 g/mol. The Morgan fingerprint density at radius 3 is 2.68 bits per heavy atom. The fraction of sp³-hybridized carbons (Fsp3) is 0.938. The maximum atomic E-state index is 11.6. The van der Waals surface area contributed by atoms with Crippen LogP contribution in [-0.4, -0.2) is 44.5 Å². The smallest absolute Gasteiger partial charge is 0.127 e. The summed E-state index contributed by atoms with van der Waals surface area (Å²) in [5.41, 5.74) is -0.0718. The maximum absolute atomic E-state index is 11.6. The third-order valence-corrected chi connectivity index (χ3v) is 4.87. The largest absolute Gasteiger partial charge is 0.381 e. The van der Waals surface area contributed by atoms with Gasteiger partial charge in [0, 0.05) is 31.7 Å². The second-order valence-electron chi connectivity index (χ2n) is 6.93. The Hall–Kier alpha value is -0.410. The van der Waals surface area contributed by atoms with Crippen LogP contribution >= 0.6 is 0 Å². The lowest BCUT2D eigenvalue weighted by atomic mass is 9.70. The zero-order valence-corrected chi connectivity index (χ0v) is 12.6. The van der Waals surface area contributed by atoms with Gasteiger partial charge in [-0.15, -0.1) is 0 Å². The zero-order valence-electron chi connectivity index (χ0n) is 12.6. The molecule has 0 bridgehead atoms. The molecule has 2 atom stereocenters. The van der Waals surface area contributed by atoms with Gasteiger partial charge in [-0.05, 0) is 44.6 Å². The fourth-order valence-corrected chi connectivity index (χ4v) is 3.96. The van der Waals surface area contributed by atoms with Crippen LogP contribution in [0.4, 0.5) is 0 Å². The van der Waals surface area contributed by atoms with Crippen molar-refractivity contribution in [2.45, 2.75) is 45.4 Å². The van der Waals surface area contributed by atoms with Crippen molar-refractivity contribution in [3.05, 3.63) is 0 Å². The van der Waals surface area contributed by atoms with Crippen LogP contribution in [0.2, 0.25) is 0 Å². The third kappa shape index (κ3) is 4.28. The number of carbonyl (C=O) groups excluding carboxylic acids is 1. The van der Waals surface area contributed by atoms with Gasteiger partial charge in [0.1, 0.15) is 6.29 Å². The highest BCUT2D eigenvalue weighted by atomic mass is 16.5. The molecule has 2 fully saturated rings. The van der Waals surface area contributed by atoms with E-state index in [1.165, 1.54) is 32.0 Å². The van der Waals surface area contributed by atoms with Gasteiger partial charge in [0.05, 0.1) is 0 Å². The highest BCUT2D eigenvalue weighted by molar-refractivity contribution is 5.60. The molecule has 3 nitrogen and oxygen atoms in total. The summed E-state index contributed by atoms with van der Waals surface area (Å²) >= 11 is 0. The molecule has 3 heteroatoms. The molecule has 2 rings (SSSR count). The van der Waals surface area contributed by atoms with Crippen molar-refractivity contribution in [1.82, 2.24) is 4.90 Å². The van der Waals surface area contributed by atoms with E-state index in [-0.39, 0.29) is 5.41 Å². The molecule has 1 saturated carbocycles. The number of hydrogen-bond acceptors (Lipinski definition) is 3. The van der Waals surface area contributed by atoms with Gasteiger partial charge < -0.3 is 14.4 Å². The van der Waals surface area contributed by atoms with E-state index in [4.69, 9.17) is 4.74 Å². The van der Waals surface area contributed by atoms with Gasteiger partial charge in [-0.1, -0.05) is 19.8 Å². The lowest BCUT2D eigenvalue weighted by Crippen LogP contribution is -2.42. The van der Waals surface area contributed by atoms with E-state index in [0.29, 0.717) is 5.92 Å². The number of rotatable bonds is 5. The summed E-state index contributed by atoms with van der Waals surface area (Å²) in [6.45, 7) is 6.17. The molecular formula is C16H29NO2. The topological polar surface area (TPSA) is 29.5 Å². The van der Waals surface area contributed by atoms with Crippen LogP contribution in [0.15, 0.2) is 0 Å². The molecule has 0 N–H and O–H groups in total. The Labute approximate surface area is 117 Å². The van der Waals surface area contributed by atoms with Crippen LogP contribution < -0.4 is 0 Å². The lowest BCUT2D eigenvalue weighted by molar-refractivity contribution is -0.120. The van der Waals surface area contributed by atoms with Crippen molar-refractivity contribution >= 4 is 6.29 Å². The number of hydrogen-bond donors (Lipinski definition) is 0. The Morgan fingerprint density at radius 1 is 1.32 bits per heavy atom. The van der Waals surface area contributed by atoms with E-state index in [2.05, 4.69) is 18.9 Å². The molecule has 19 heavy (non-hydrogen) atoms. The molecule has 1 saturated heterocycles. The van der Waals surface area contributed by atoms with Crippen LogP contribution in [-0.2, 0) is 9.53 Å². The van der Waals surface area contributed by atoms with Gasteiger partial charge in [-0.25, -0.2) is 0 Å². The molecule has 2 unspecified atom stereocenters. The summed E-state index contributed by atoms with van der Waals surface area (Å²) in [5, 5.41) is 0. The van der Waals surface area contributed by atoms with Crippen molar-refractivity contribution in [1.29, 1.82) is 0 Å². The van der Waals surface area contributed by atoms with Crippen molar-refractivity contribution in [3.63, 3.8) is 0 Å². The average Bonchev–Trinajstić information content (AvgIpc) is 2.39. The van der Waals surface area contributed by atoms with Gasteiger partial charge in [0.15, 0.2) is 0 Å². The highest BCUT2D eigenvalue weighted by Crippen LogP contribution is 2.38. The fourth-order valence-electron chi connectivity index (χ4n) is 3.96. The first-order valence-electron chi connectivity index (χ1n) is 7.86. The molecule has 2 aliphatic rings. The number of nitrogens with zero attached hydrogens (tertiary/aromatic N) is 1. The molecule has 0 amide bonds. The normalized spacial score (nSPS) is 33.5. The minimum atomic E-state index is -0.0718. The molecule has 0 aromatic rings. The molecule has 1 aliphatic carbocycles. The first-order valence-corrected chi connectivity index (χ1v) is 7.86. The molecule has 0 radical (unpaired) electrons. The Morgan fingerprint density at radius 2 is 2.05 bits per heavy atom. The third-order valence-electron chi connectivity index (χ3n) is 4.87. The second-order valence-corrected chi connectivity index (χ2v) is 6.93. The lowest BCUT2D eigenvalue weighted by Gasteiger charge is -2.39. The summed E-state index contributed by atoms with van der Waals surface area (Å²) < 4.78 is 5.41. The van der Waals surface area contributed by atoms with Crippen LogP contribution in [0, 0.1) is 17.3 Å². The van der Waals surface area contributed by atoms with Crippen molar-refractivity contribution in [2.75, 3.05) is 33.4 Å². The molecule has 0 spiro atoms. The highest BCUT2D eigenvalue weighted by Gasteiger charge is 2.36. The van der Waals surface area contributed by atoms with E-state index in [1.807, 2.05) is 0 Å². The number of aldehydes is 1. The van der Waals surface area contributed by atoms with Gasteiger partial charge >= 0.3 is 0 Å². The van der Waals surface area contributed by atoms with Crippen LogP contribution in [0.3, 0.4) is 0 Å². The van der Waals surface area contributed by atoms with Crippen molar-refractivity contribution in [3.8, 4) is 0 Å². The second kappa shape index (κ2) is 6.85. The maximum Gasteiger partial charge on any atom is 0.127 e. The molecule has 110 valence electrons. The van der Waals surface area contributed by atoms with Gasteiger partial charge in [-0.3, -0.25) is 0 Å². The Bertz CT molecular complexity index is 288. The minimum absolute atomic E-state index is 0.0718. The Balaban J connectivity index is 1.84. The molecule has 1 aliphatic heterocycles. The Kier molecular flexibility index (Phi) is 5.40. The standard InChI is InChI=1S/C16H29NO2/c1-14-4-3-7-16(10-14,13-18)12-17(2)11-15-5-8-19-9-6-15/h13-15H,3-12H2,1-2H3. The predicted octanol–water partition coefficient (Wildman–Crippen LogP) is 2.74. The van der Waals surface area contributed by atoms with Crippen LogP contribution in [0.25, 0.3) is 0 Å². The molecule has 0 aromatic carbocycles. The van der Waals surface area contributed by atoms with Gasteiger partial charge in [0.2, 0.25) is 0 Å². The molecule has 0 aromatic heterocycles. The van der Waals surface area contributed by atoms with Crippen LogP contribution in [0.5, 0.6) is 0 Å². The summed E-state index contributed by atoms with van der Waals surface area (Å²) in [6, 6.07) is 0. The quantitative estimate of drug-likeness (QED) is 0.717. The van der Waals surface area contributed by atoms with E-state index < -0.39 is 0 Å². The molecular weight excluding hydrogens is 238 g/mol. The summed E-state index contributed by atoms with van der Waals surface area (Å²) in [6.07, 6.45) is 8.27. The van der Waals surface area contributed by atoms with Gasteiger partial charge in [0.25, 0.3) is 0 Å². The van der Waals surface area contributed by atoms with Crippen LogP contribution in [0.1, 0.15) is 45.4 Å². The van der Waals surface area contributed by atoms with Crippen molar-refractivity contribution < 1.29 is 9.53 Å². The molecule has 1 heterocycles. The predicted molar refractivity (Wildman–Crippen MR) is 77.2 cm³/mol.